The molecule has 9 heteroatoms. The summed E-state index contributed by atoms with van der Waals surface area (Å²) in [7, 11) is 3.03. The van der Waals surface area contributed by atoms with Gasteiger partial charge in [0, 0.05) is 17.7 Å². The monoisotopic (exact) mass is 423 g/mol. The standard InChI is InChI=1S/C22H21N3O6/c1-13(22(27)23-17-11-15(28-2)5-8-18(17)29-3)25-21(26)9-6-16(24-25)14-4-7-19-20(10-14)31-12-30-19/h4-11,13H,12H2,1-3H3,(H,23,27). The molecule has 2 aromatic carbocycles. The van der Waals surface area contributed by atoms with E-state index >= 15 is 0 Å². The summed E-state index contributed by atoms with van der Waals surface area (Å²) in [5, 5.41) is 7.17. The first-order valence-corrected chi connectivity index (χ1v) is 9.53. The maximum atomic E-state index is 12.9. The lowest BCUT2D eigenvalue weighted by atomic mass is 10.1. The average Bonchev–Trinajstić information content (AvgIpc) is 3.26. The molecule has 0 saturated carbocycles. The number of aromatic nitrogens is 2. The van der Waals surface area contributed by atoms with Crippen LogP contribution in [0.1, 0.15) is 13.0 Å². The van der Waals surface area contributed by atoms with E-state index in [2.05, 4.69) is 10.4 Å². The van der Waals surface area contributed by atoms with Crippen molar-refractivity contribution in [2.24, 2.45) is 0 Å². The van der Waals surface area contributed by atoms with Crippen molar-refractivity contribution < 1.29 is 23.7 Å². The molecule has 31 heavy (non-hydrogen) atoms. The van der Waals surface area contributed by atoms with Gasteiger partial charge < -0.3 is 24.3 Å². The molecular formula is C22H21N3O6. The number of anilines is 1. The first-order chi connectivity index (χ1) is 15.0. The second-order valence-corrected chi connectivity index (χ2v) is 6.80. The maximum Gasteiger partial charge on any atom is 0.267 e. The van der Waals surface area contributed by atoms with Gasteiger partial charge >= 0.3 is 0 Å². The van der Waals surface area contributed by atoms with Crippen LogP contribution in [0.5, 0.6) is 23.0 Å². The summed E-state index contributed by atoms with van der Waals surface area (Å²) in [6.45, 7) is 1.76. The van der Waals surface area contributed by atoms with Crippen LogP contribution >= 0.6 is 0 Å². The Morgan fingerprint density at radius 3 is 2.65 bits per heavy atom. The van der Waals surface area contributed by atoms with Crippen LogP contribution in [0, 0.1) is 0 Å². The lowest BCUT2D eigenvalue weighted by Gasteiger charge is -2.17. The highest BCUT2D eigenvalue weighted by Gasteiger charge is 2.21. The minimum absolute atomic E-state index is 0.163. The van der Waals surface area contributed by atoms with Gasteiger partial charge in [0.25, 0.3) is 5.56 Å². The van der Waals surface area contributed by atoms with Crippen molar-refractivity contribution in [1.82, 2.24) is 9.78 Å². The van der Waals surface area contributed by atoms with Crippen LogP contribution in [-0.4, -0.2) is 36.7 Å². The maximum absolute atomic E-state index is 12.9. The van der Waals surface area contributed by atoms with Gasteiger partial charge in [-0.3, -0.25) is 9.59 Å². The number of benzene rings is 2. The molecule has 4 rings (SSSR count). The number of nitrogens with one attached hydrogen (secondary N) is 1. The molecule has 2 heterocycles. The quantitative estimate of drug-likeness (QED) is 0.651. The van der Waals surface area contributed by atoms with Gasteiger partial charge in [-0.15, -0.1) is 0 Å². The predicted octanol–water partition coefficient (Wildman–Crippen LogP) is 2.86. The zero-order chi connectivity index (χ0) is 22.0. The Morgan fingerprint density at radius 1 is 1.06 bits per heavy atom. The van der Waals surface area contributed by atoms with Crippen molar-refractivity contribution >= 4 is 11.6 Å². The van der Waals surface area contributed by atoms with E-state index in [4.69, 9.17) is 18.9 Å². The third-order valence-corrected chi connectivity index (χ3v) is 4.90. The third kappa shape index (κ3) is 4.02. The van der Waals surface area contributed by atoms with Crippen molar-refractivity contribution in [2.45, 2.75) is 13.0 Å². The number of fused-ring (bicyclic) bond motifs is 1. The number of hydrogen-bond donors (Lipinski definition) is 1. The summed E-state index contributed by atoms with van der Waals surface area (Å²) < 4.78 is 22.4. The molecule has 160 valence electrons. The summed E-state index contributed by atoms with van der Waals surface area (Å²) in [5.74, 6) is 1.86. The number of methoxy groups -OCH3 is 2. The number of amides is 1. The molecule has 3 aromatic rings. The van der Waals surface area contributed by atoms with Crippen LogP contribution in [-0.2, 0) is 4.79 Å². The van der Waals surface area contributed by atoms with E-state index in [1.165, 1.54) is 20.3 Å². The molecule has 0 bridgehead atoms. The van der Waals surface area contributed by atoms with E-state index in [-0.39, 0.29) is 6.79 Å². The smallest absolute Gasteiger partial charge is 0.267 e. The average molecular weight is 423 g/mol. The third-order valence-electron chi connectivity index (χ3n) is 4.90. The molecule has 1 aliphatic heterocycles. The van der Waals surface area contributed by atoms with Gasteiger partial charge in [0.15, 0.2) is 11.5 Å². The molecule has 0 spiro atoms. The summed E-state index contributed by atoms with van der Waals surface area (Å²) in [6.07, 6.45) is 0. The molecule has 1 N–H and O–H groups in total. The second-order valence-electron chi connectivity index (χ2n) is 6.80. The first kappa shape index (κ1) is 20.3. The topological polar surface area (TPSA) is 101 Å². The van der Waals surface area contributed by atoms with E-state index in [1.54, 1.807) is 43.3 Å². The summed E-state index contributed by atoms with van der Waals surface area (Å²) in [5.41, 5.74) is 1.29. The van der Waals surface area contributed by atoms with Crippen molar-refractivity contribution in [1.29, 1.82) is 0 Å². The van der Waals surface area contributed by atoms with Crippen LogP contribution in [0.15, 0.2) is 53.3 Å². The van der Waals surface area contributed by atoms with Gasteiger partial charge in [0.2, 0.25) is 12.7 Å². The zero-order valence-electron chi connectivity index (χ0n) is 17.2. The highest BCUT2D eigenvalue weighted by molar-refractivity contribution is 5.95. The SMILES string of the molecule is COc1ccc(OC)c(NC(=O)C(C)n2nc(-c3ccc4c(c3)OCO4)ccc2=O)c1. The molecule has 1 atom stereocenters. The number of rotatable bonds is 6. The van der Waals surface area contributed by atoms with Gasteiger partial charge in [0.1, 0.15) is 17.5 Å². The fourth-order valence-electron chi connectivity index (χ4n) is 3.17. The number of ether oxygens (including phenoxy) is 4. The van der Waals surface area contributed by atoms with Crippen molar-refractivity contribution in [3.8, 4) is 34.3 Å². The largest absolute Gasteiger partial charge is 0.497 e. The Morgan fingerprint density at radius 2 is 1.87 bits per heavy atom. The van der Waals surface area contributed by atoms with Gasteiger partial charge in [0.05, 0.1) is 25.6 Å². The Balaban J connectivity index is 1.61. The number of carbonyl (C=O) groups is 1. The van der Waals surface area contributed by atoms with Gasteiger partial charge in [-0.2, -0.15) is 5.10 Å². The van der Waals surface area contributed by atoms with Crippen molar-refractivity contribution in [2.75, 3.05) is 26.3 Å². The molecule has 1 amide bonds. The molecule has 0 radical (unpaired) electrons. The summed E-state index contributed by atoms with van der Waals surface area (Å²) in [4.78, 5) is 25.3. The predicted molar refractivity (Wildman–Crippen MR) is 113 cm³/mol. The number of nitrogens with zero attached hydrogens (tertiary/aromatic N) is 2. The highest BCUT2D eigenvalue weighted by Crippen LogP contribution is 2.35. The van der Waals surface area contributed by atoms with Gasteiger partial charge in [-0.1, -0.05) is 0 Å². The summed E-state index contributed by atoms with van der Waals surface area (Å²) >= 11 is 0. The van der Waals surface area contributed by atoms with E-state index in [1.807, 2.05) is 6.07 Å². The van der Waals surface area contributed by atoms with Crippen LogP contribution in [0.4, 0.5) is 5.69 Å². The molecule has 1 unspecified atom stereocenters. The minimum atomic E-state index is -0.877. The van der Waals surface area contributed by atoms with E-state index in [0.717, 1.165) is 10.2 Å². The summed E-state index contributed by atoms with van der Waals surface area (Å²) in [6, 6.07) is 12.5. The van der Waals surface area contributed by atoms with E-state index < -0.39 is 17.5 Å². The lowest BCUT2D eigenvalue weighted by molar-refractivity contribution is -0.119. The molecule has 0 saturated heterocycles. The fourth-order valence-corrected chi connectivity index (χ4v) is 3.17. The molecular weight excluding hydrogens is 402 g/mol. The van der Waals surface area contributed by atoms with Crippen molar-refractivity contribution in [3.63, 3.8) is 0 Å². The fraction of sp³-hybridized carbons (Fsp3) is 0.227. The molecule has 0 fully saturated rings. The van der Waals surface area contributed by atoms with Crippen molar-refractivity contribution in [3.05, 3.63) is 58.9 Å². The second kappa shape index (κ2) is 8.39. The van der Waals surface area contributed by atoms with Crippen LogP contribution in [0.25, 0.3) is 11.3 Å². The Bertz CT molecular complexity index is 1190. The number of carbonyl (C=O) groups excluding carboxylic acids is 1. The first-order valence-electron chi connectivity index (χ1n) is 9.53. The van der Waals surface area contributed by atoms with Crippen LogP contribution < -0.4 is 29.8 Å². The Hall–Kier alpha value is -4.01. The van der Waals surface area contributed by atoms with Crippen LogP contribution in [0.3, 0.4) is 0 Å². The minimum Gasteiger partial charge on any atom is -0.497 e. The lowest BCUT2D eigenvalue weighted by Crippen LogP contribution is -2.33. The van der Waals surface area contributed by atoms with E-state index in [0.29, 0.717) is 34.4 Å². The van der Waals surface area contributed by atoms with Crippen LogP contribution in [0.2, 0.25) is 0 Å². The Kier molecular flexibility index (Phi) is 5.48. The Labute approximate surface area is 178 Å². The van der Waals surface area contributed by atoms with Gasteiger partial charge in [-0.25, -0.2) is 4.68 Å². The zero-order valence-corrected chi connectivity index (χ0v) is 17.2. The molecule has 0 aliphatic carbocycles. The molecule has 1 aliphatic rings. The van der Waals surface area contributed by atoms with Gasteiger partial charge in [-0.05, 0) is 43.3 Å². The highest BCUT2D eigenvalue weighted by atomic mass is 16.7. The van der Waals surface area contributed by atoms with E-state index in [9.17, 15) is 9.59 Å². The normalized spacial score (nSPS) is 12.9. The molecule has 9 nitrogen and oxygen atoms in total. The number of hydrogen-bond acceptors (Lipinski definition) is 7. The molecule has 1 aromatic heterocycles.